The number of carbonyl (C=O) groups excluding carboxylic acids is 1. The van der Waals surface area contributed by atoms with Gasteiger partial charge in [-0.15, -0.1) is 0 Å². The van der Waals surface area contributed by atoms with Gasteiger partial charge in [-0.1, -0.05) is 6.07 Å². The molecule has 0 bridgehead atoms. The maximum absolute atomic E-state index is 14.1. The Hall–Kier alpha value is -2.24. The number of nitrogens with zero attached hydrogens (tertiary/aromatic N) is 3. The minimum atomic E-state index is -0.929. The van der Waals surface area contributed by atoms with Crippen LogP contribution in [-0.2, 0) is 4.79 Å². The summed E-state index contributed by atoms with van der Waals surface area (Å²) in [6.07, 6.45) is 3.76. The highest BCUT2D eigenvalue weighted by molar-refractivity contribution is 5.83. The van der Waals surface area contributed by atoms with Crippen LogP contribution in [0.4, 0.5) is 8.78 Å². The van der Waals surface area contributed by atoms with Gasteiger partial charge >= 0.3 is 0 Å². The van der Waals surface area contributed by atoms with Crippen molar-refractivity contribution in [2.75, 3.05) is 13.6 Å². The molecule has 21 heavy (non-hydrogen) atoms. The molecule has 4 nitrogen and oxygen atoms in total. The Kier molecular flexibility index (Phi) is 3.23. The van der Waals surface area contributed by atoms with Crippen LogP contribution in [-0.4, -0.2) is 34.0 Å². The highest BCUT2D eigenvalue weighted by atomic mass is 19.2. The second-order valence-corrected chi connectivity index (χ2v) is 5.28. The molecule has 1 amide bonds. The van der Waals surface area contributed by atoms with E-state index < -0.39 is 17.7 Å². The fraction of sp³-hybridized carbons (Fsp3) is 0.333. The highest BCUT2D eigenvalue weighted by Gasteiger charge is 2.32. The molecule has 0 N–H and O–H groups in total. The molecule has 1 aromatic carbocycles. The van der Waals surface area contributed by atoms with Crippen molar-refractivity contribution in [1.82, 2.24) is 14.5 Å². The number of hydrogen-bond acceptors (Lipinski definition) is 2. The Morgan fingerprint density at radius 2 is 2.05 bits per heavy atom. The quantitative estimate of drug-likeness (QED) is 0.853. The smallest absolute Gasteiger partial charge is 0.245 e. The molecule has 1 atom stereocenters. The van der Waals surface area contributed by atoms with Gasteiger partial charge in [0.15, 0.2) is 11.6 Å². The summed E-state index contributed by atoms with van der Waals surface area (Å²) >= 11 is 0. The van der Waals surface area contributed by atoms with Gasteiger partial charge < -0.3 is 9.47 Å². The Morgan fingerprint density at radius 3 is 2.71 bits per heavy atom. The van der Waals surface area contributed by atoms with Gasteiger partial charge in [-0.2, -0.15) is 0 Å². The van der Waals surface area contributed by atoms with E-state index in [1.165, 1.54) is 25.3 Å². The number of rotatable bonds is 2. The summed E-state index contributed by atoms with van der Waals surface area (Å²) in [6, 6.07) is 2.60. The summed E-state index contributed by atoms with van der Waals surface area (Å²) in [4.78, 5) is 17.8. The van der Waals surface area contributed by atoms with Gasteiger partial charge in [-0.25, -0.2) is 13.8 Å². The van der Waals surface area contributed by atoms with E-state index in [1.807, 2.05) is 0 Å². The second-order valence-electron chi connectivity index (χ2n) is 5.28. The second kappa shape index (κ2) is 4.95. The van der Waals surface area contributed by atoms with Crippen molar-refractivity contribution in [3.05, 3.63) is 41.7 Å². The summed E-state index contributed by atoms with van der Waals surface area (Å²) in [5, 5.41) is 0. The van der Waals surface area contributed by atoms with Gasteiger partial charge in [0.1, 0.15) is 11.9 Å². The zero-order chi connectivity index (χ0) is 15.1. The van der Waals surface area contributed by atoms with Gasteiger partial charge in [-0.3, -0.25) is 4.79 Å². The van der Waals surface area contributed by atoms with Crippen LogP contribution in [0.25, 0.3) is 11.4 Å². The van der Waals surface area contributed by atoms with Crippen LogP contribution in [0.5, 0.6) is 0 Å². The van der Waals surface area contributed by atoms with Crippen LogP contribution in [0, 0.1) is 18.6 Å². The molecule has 6 heteroatoms. The molecule has 1 fully saturated rings. The molecule has 1 aromatic heterocycles. The van der Waals surface area contributed by atoms with Crippen LogP contribution in [0.2, 0.25) is 0 Å². The van der Waals surface area contributed by atoms with Gasteiger partial charge in [-0.05, 0) is 25.0 Å². The van der Waals surface area contributed by atoms with E-state index >= 15 is 0 Å². The standard InChI is InChI=1S/C15H15F2N3O/c1-9-3-4-10(13(17)12(9)16)14-18-6-8-20(14)11-5-7-19(2)15(11)21/h3-4,6,8,11H,5,7H2,1-2H3. The van der Waals surface area contributed by atoms with Gasteiger partial charge in [0.2, 0.25) is 5.91 Å². The minimum Gasteiger partial charge on any atom is -0.344 e. The molecule has 1 aliphatic rings. The monoisotopic (exact) mass is 291 g/mol. The summed E-state index contributed by atoms with van der Waals surface area (Å²) in [5.41, 5.74) is 0.316. The molecule has 2 heterocycles. The largest absolute Gasteiger partial charge is 0.344 e. The summed E-state index contributed by atoms with van der Waals surface area (Å²) in [7, 11) is 1.73. The minimum absolute atomic E-state index is 0.0396. The molecule has 0 saturated carbocycles. The predicted molar refractivity (Wildman–Crippen MR) is 73.6 cm³/mol. The molecule has 0 spiro atoms. The fourth-order valence-electron chi connectivity index (χ4n) is 2.65. The number of carbonyl (C=O) groups is 1. The topological polar surface area (TPSA) is 38.1 Å². The van der Waals surface area contributed by atoms with Crippen molar-refractivity contribution in [1.29, 1.82) is 0 Å². The lowest BCUT2D eigenvalue weighted by atomic mass is 10.1. The van der Waals surface area contributed by atoms with Crippen molar-refractivity contribution in [2.24, 2.45) is 0 Å². The first-order valence-electron chi connectivity index (χ1n) is 6.73. The molecule has 0 radical (unpaired) electrons. The van der Waals surface area contributed by atoms with E-state index in [-0.39, 0.29) is 22.9 Å². The number of likely N-dealkylation sites (N-methyl/N-ethyl adjacent to an activating group) is 1. The molecule has 1 saturated heterocycles. The summed E-state index contributed by atoms with van der Waals surface area (Å²) < 4.78 is 29.5. The number of imidazole rings is 1. The first-order chi connectivity index (χ1) is 10.0. The number of amides is 1. The number of benzene rings is 1. The summed E-state index contributed by atoms with van der Waals surface area (Å²) in [6.45, 7) is 2.15. The van der Waals surface area contributed by atoms with E-state index in [0.717, 1.165) is 0 Å². The van der Waals surface area contributed by atoms with Crippen molar-refractivity contribution in [3.8, 4) is 11.4 Å². The third kappa shape index (κ3) is 2.11. The Bertz CT molecular complexity index is 711. The van der Waals surface area contributed by atoms with Crippen LogP contribution >= 0.6 is 0 Å². The van der Waals surface area contributed by atoms with E-state index in [1.54, 1.807) is 22.7 Å². The molecule has 1 aliphatic heterocycles. The maximum atomic E-state index is 14.1. The average molecular weight is 291 g/mol. The Labute approximate surface area is 121 Å². The molecule has 0 aliphatic carbocycles. The lowest BCUT2D eigenvalue weighted by molar-refractivity contribution is -0.129. The molecular formula is C15H15F2N3O. The van der Waals surface area contributed by atoms with Crippen molar-refractivity contribution < 1.29 is 13.6 Å². The normalized spacial score (nSPS) is 18.6. The van der Waals surface area contributed by atoms with E-state index in [9.17, 15) is 13.6 Å². The summed E-state index contributed by atoms with van der Waals surface area (Å²) in [5.74, 6) is -1.57. The van der Waals surface area contributed by atoms with E-state index in [2.05, 4.69) is 4.98 Å². The van der Waals surface area contributed by atoms with Gasteiger partial charge in [0.25, 0.3) is 0 Å². The number of hydrogen-bond donors (Lipinski definition) is 0. The van der Waals surface area contributed by atoms with Crippen LogP contribution < -0.4 is 0 Å². The van der Waals surface area contributed by atoms with Gasteiger partial charge in [0, 0.05) is 26.0 Å². The van der Waals surface area contributed by atoms with Crippen LogP contribution in [0.1, 0.15) is 18.0 Å². The number of aromatic nitrogens is 2. The highest BCUT2D eigenvalue weighted by Crippen LogP contribution is 2.30. The number of halogens is 2. The van der Waals surface area contributed by atoms with Crippen molar-refractivity contribution >= 4 is 5.91 Å². The zero-order valence-electron chi connectivity index (χ0n) is 11.8. The third-order valence-corrected chi connectivity index (χ3v) is 3.92. The molecule has 3 rings (SSSR count). The number of likely N-dealkylation sites (tertiary alicyclic amines) is 1. The van der Waals surface area contributed by atoms with Crippen LogP contribution in [0.15, 0.2) is 24.5 Å². The average Bonchev–Trinajstić information content (AvgIpc) is 3.05. The first kappa shape index (κ1) is 13.7. The lowest BCUT2D eigenvalue weighted by Crippen LogP contribution is -2.24. The molecular weight excluding hydrogens is 276 g/mol. The van der Waals surface area contributed by atoms with Gasteiger partial charge in [0.05, 0.1) is 5.56 Å². The molecule has 1 unspecified atom stereocenters. The van der Waals surface area contributed by atoms with Crippen molar-refractivity contribution in [2.45, 2.75) is 19.4 Å². The van der Waals surface area contributed by atoms with Crippen LogP contribution in [0.3, 0.4) is 0 Å². The SMILES string of the molecule is Cc1ccc(-c2nccn2C2CCN(C)C2=O)c(F)c1F. The maximum Gasteiger partial charge on any atom is 0.245 e. The molecule has 110 valence electrons. The Balaban J connectivity index is 2.08. The van der Waals surface area contributed by atoms with E-state index in [4.69, 9.17) is 0 Å². The first-order valence-corrected chi connectivity index (χ1v) is 6.73. The third-order valence-electron chi connectivity index (χ3n) is 3.92. The Morgan fingerprint density at radius 1 is 1.29 bits per heavy atom. The zero-order valence-corrected chi connectivity index (χ0v) is 11.8. The van der Waals surface area contributed by atoms with E-state index in [0.29, 0.717) is 13.0 Å². The predicted octanol–water partition coefficient (Wildman–Crippen LogP) is 2.54. The fourth-order valence-corrected chi connectivity index (χ4v) is 2.65. The van der Waals surface area contributed by atoms with Crippen molar-refractivity contribution in [3.63, 3.8) is 0 Å². The number of aryl methyl sites for hydroxylation is 1. The molecule has 2 aromatic rings. The lowest BCUT2D eigenvalue weighted by Gasteiger charge is -2.15.